The molecule has 0 saturated heterocycles. The molecule has 0 radical (unpaired) electrons. The minimum Gasteiger partial charge on any atom is -0.381 e. The van der Waals surface area contributed by atoms with Crippen LogP contribution < -0.4 is 0 Å². The zero-order valence-electron chi connectivity index (χ0n) is 9.88. The Hall–Kier alpha value is -0.300. The zero-order chi connectivity index (χ0) is 10.6. The lowest BCUT2D eigenvalue weighted by Gasteiger charge is -2.39. The molecule has 1 nitrogen and oxygen atoms in total. The Morgan fingerprint density at radius 3 is 2.71 bits per heavy atom. The van der Waals surface area contributed by atoms with Crippen LogP contribution in [0.15, 0.2) is 12.7 Å². The van der Waals surface area contributed by atoms with E-state index in [1.807, 2.05) is 7.11 Å². The quantitative estimate of drug-likeness (QED) is 0.621. The summed E-state index contributed by atoms with van der Waals surface area (Å²) in [6.07, 6.45) is 8.94. The van der Waals surface area contributed by atoms with Gasteiger partial charge in [0.1, 0.15) is 0 Å². The predicted molar refractivity (Wildman–Crippen MR) is 61.4 cm³/mol. The standard InChI is InChI=1S/C13H24O/c1-5-13(3,6-2)11-8-7-9-12(10-11)14-4/h5,11-12H,1,6-10H2,2-4H3. The summed E-state index contributed by atoms with van der Waals surface area (Å²) in [6, 6.07) is 0. The van der Waals surface area contributed by atoms with Gasteiger partial charge in [-0.25, -0.2) is 0 Å². The SMILES string of the molecule is C=CC(C)(CC)C1CCCC(OC)C1. The van der Waals surface area contributed by atoms with Crippen molar-refractivity contribution in [3.05, 3.63) is 12.7 Å². The fourth-order valence-electron chi connectivity index (χ4n) is 2.56. The third-order valence-electron chi connectivity index (χ3n) is 4.12. The molecular formula is C13H24O. The van der Waals surface area contributed by atoms with Gasteiger partial charge in [-0.2, -0.15) is 0 Å². The van der Waals surface area contributed by atoms with Crippen molar-refractivity contribution in [2.45, 2.75) is 52.1 Å². The van der Waals surface area contributed by atoms with Crippen LogP contribution in [0.1, 0.15) is 46.0 Å². The van der Waals surface area contributed by atoms with Gasteiger partial charge in [-0.1, -0.05) is 26.3 Å². The summed E-state index contributed by atoms with van der Waals surface area (Å²) in [5.41, 5.74) is 0.317. The summed E-state index contributed by atoms with van der Waals surface area (Å²) >= 11 is 0. The number of hydrogen-bond donors (Lipinski definition) is 0. The molecule has 1 fully saturated rings. The van der Waals surface area contributed by atoms with Crippen molar-refractivity contribution < 1.29 is 4.74 Å². The maximum Gasteiger partial charge on any atom is 0.0574 e. The van der Waals surface area contributed by atoms with E-state index in [-0.39, 0.29) is 0 Å². The fourth-order valence-corrected chi connectivity index (χ4v) is 2.56. The van der Waals surface area contributed by atoms with Gasteiger partial charge in [0.05, 0.1) is 6.10 Å². The molecule has 0 spiro atoms. The first-order chi connectivity index (χ1) is 6.66. The van der Waals surface area contributed by atoms with E-state index in [1.54, 1.807) is 0 Å². The molecule has 0 aliphatic heterocycles. The first-order valence-corrected chi connectivity index (χ1v) is 5.82. The molecule has 3 atom stereocenters. The minimum atomic E-state index is 0.317. The third-order valence-corrected chi connectivity index (χ3v) is 4.12. The number of ether oxygens (including phenoxy) is 1. The lowest BCUT2D eigenvalue weighted by atomic mass is 9.68. The summed E-state index contributed by atoms with van der Waals surface area (Å²) in [4.78, 5) is 0. The van der Waals surface area contributed by atoms with Crippen LogP contribution in [-0.2, 0) is 4.74 Å². The number of rotatable bonds is 4. The van der Waals surface area contributed by atoms with E-state index >= 15 is 0 Å². The van der Waals surface area contributed by atoms with Crippen molar-refractivity contribution in [3.8, 4) is 0 Å². The molecule has 1 rings (SSSR count). The van der Waals surface area contributed by atoms with Gasteiger partial charge in [0, 0.05) is 7.11 Å². The van der Waals surface area contributed by atoms with Crippen LogP contribution in [-0.4, -0.2) is 13.2 Å². The van der Waals surface area contributed by atoms with E-state index in [0.717, 1.165) is 5.92 Å². The molecule has 82 valence electrons. The molecule has 0 aromatic heterocycles. The maximum atomic E-state index is 5.47. The molecule has 1 aliphatic carbocycles. The van der Waals surface area contributed by atoms with Crippen LogP contribution in [0.25, 0.3) is 0 Å². The van der Waals surface area contributed by atoms with E-state index in [0.29, 0.717) is 11.5 Å². The van der Waals surface area contributed by atoms with Crippen LogP contribution in [0.4, 0.5) is 0 Å². The van der Waals surface area contributed by atoms with Crippen molar-refractivity contribution in [2.24, 2.45) is 11.3 Å². The zero-order valence-corrected chi connectivity index (χ0v) is 9.88. The molecule has 0 N–H and O–H groups in total. The normalized spacial score (nSPS) is 32.2. The molecule has 0 heterocycles. The molecule has 1 saturated carbocycles. The number of methoxy groups -OCH3 is 1. The van der Waals surface area contributed by atoms with Crippen molar-refractivity contribution in [1.82, 2.24) is 0 Å². The van der Waals surface area contributed by atoms with Crippen molar-refractivity contribution in [3.63, 3.8) is 0 Å². The van der Waals surface area contributed by atoms with E-state index in [1.165, 1.54) is 32.1 Å². The van der Waals surface area contributed by atoms with Crippen molar-refractivity contribution in [2.75, 3.05) is 7.11 Å². The van der Waals surface area contributed by atoms with Gasteiger partial charge in [0.25, 0.3) is 0 Å². The highest BCUT2D eigenvalue weighted by molar-refractivity contribution is 4.97. The van der Waals surface area contributed by atoms with Crippen LogP contribution in [0.2, 0.25) is 0 Å². The molecule has 1 aliphatic rings. The second kappa shape index (κ2) is 4.97. The Morgan fingerprint density at radius 2 is 2.21 bits per heavy atom. The molecule has 14 heavy (non-hydrogen) atoms. The Bertz CT molecular complexity index is 188. The lowest BCUT2D eigenvalue weighted by Crippen LogP contribution is -2.32. The molecule has 3 unspecified atom stereocenters. The average molecular weight is 196 g/mol. The maximum absolute atomic E-state index is 5.47. The smallest absolute Gasteiger partial charge is 0.0574 e. The van der Waals surface area contributed by atoms with E-state index in [2.05, 4.69) is 26.5 Å². The molecule has 0 aromatic rings. The molecule has 0 bridgehead atoms. The van der Waals surface area contributed by atoms with E-state index < -0.39 is 0 Å². The van der Waals surface area contributed by atoms with Gasteiger partial charge in [-0.15, -0.1) is 6.58 Å². The molecule has 0 aromatic carbocycles. The minimum absolute atomic E-state index is 0.317. The van der Waals surface area contributed by atoms with Crippen LogP contribution in [0.5, 0.6) is 0 Å². The first kappa shape index (κ1) is 11.8. The molecule has 1 heteroatoms. The largest absolute Gasteiger partial charge is 0.381 e. The highest BCUT2D eigenvalue weighted by atomic mass is 16.5. The Labute approximate surface area is 88.5 Å². The van der Waals surface area contributed by atoms with Gasteiger partial charge >= 0.3 is 0 Å². The fraction of sp³-hybridized carbons (Fsp3) is 0.846. The monoisotopic (exact) mass is 196 g/mol. The summed E-state index contributed by atoms with van der Waals surface area (Å²) < 4.78 is 5.47. The van der Waals surface area contributed by atoms with Crippen molar-refractivity contribution >= 4 is 0 Å². The van der Waals surface area contributed by atoms with Crippen LogP contribution in [0.3, 0.4) is 0 Å². The van der Waals surface area contributed by atoms with E-state index in [9.17, 15) is 0 Å². The van der Waals surface area contributed by atoms with Gasteiger partial charge < -0.3 is 4.74 Å². The number of hydrogen-bond acceptors (Lipinski definition) is 1. The topological polar surface area (TPSA) is 9.23 Å². The summed E-state index contributed by atoms with van der Waals surface area (Å²) in [6.45, 7) is 8.59. The Balaban J connectivity index is 2.62. The van der Waals surface area contributed by atoms with Gasteiger partial charge in [-0.05, 0) is 37.0 Å². The van der Waals surface area contributed by atoms with Crippen LogP contribution >= 0.6 is 0 Å². The summed E-state index contributed by atoms with van der Waals surface area (Å²) in [5.74, 6) is 0.767. The highest BCUT2D eigenvalue weighted by Gasteiger charge is 2.33. The Morgan fingerprint density at radius 1 is 1.50 bits per heavy atom. The lowest BCUT2D eigenvalue weighted by molar-refractivity contribution is 0.0249. The van der Waals surface area contributed by atoms with Crippen molar-refractivity contribution in [1.29, 1.82) is 0 Å². The van der Waals surface area contributed by atoms with Gasteiger partial charge in [0.15, 0.2) is 0 Å². The predicted octanol–water partition coefficient (Wildman–Crippen LogP) is 3.79. The molecular weight excluding hydrogens is 172 g/mol. The first-order valence-electron chi connectivity index (χ1n) is 5.82. The second-order valence-corrected chi connectivity index (χ2v) is 4.78. The Kier molecular flexibility index (Phi) is 4.18. The highest BCUT2D eigenvalue weighted by Crippen LogP contribution is 2.42. The van der Waals surface area contributed by atoms with Crippen LogP contribution in [0, 0.1) is 11.3 Å². The average Bonchev–Trinajstić information content (AvgIpc) is 2.28. The van der Waals surface area contributed by atoms with E-state index in [4.69, 9.17) is 4.74 Å². The third kappa shape index (κ3) is 2.38. The van der Waals surface area contributed by atoms with Gasteiger partial charge in [0.2, 0.25) is 0 Å². The summed E-state index contributed by atoms with van der Waals surface area (Å²) in [5, 5.41) is 0. The second-order valence-electron chi connectivity index (χ2n) is 4.78. The number of allylic oxidation sites excluding steroid dienone is 1. The van der Waals surface area contributed by atoms with Gasteiger partial charge in [-0.3, -0.25) is 0 Å². The summed E-state index contributed by atoms with van der Waals surface area (Å²) in [7, 11) is 1.84. The molecule has 0 amide bonds.